The number of nitrogens with one attached hydrogen (secondary N) is 2. The maximum Gasteiger partial charge on any atom is 0.166 e. The minimum Gasteiger partial charge on any atom is -0.396 e. The molecule has 8 bridgehead atoms. The van der Waals surface area contributed by atoms with Crippen LogP contribution in [0, 0.1) is 19.8 Å². The maximum absolute atomic E-state index is 13.4. The molecule has 2 aliphatic heterocycles. The Labute approximate surface area is 275 Å². The predicted octanol–water partition coefficient (Wildman–Crippen LogP) is 6.38. The number of aromatic amines is 2. The van der Waals surface area contributed by atoms with Gasteiger partial charge in [-0.25, -0.2) is 4.98 Å². The summed E-state index contributed by atoms with van der Waals surface area (Å²) in [4.78, 5) is 31.1. The Morgan fingerprint density at radius 3 is 2.19 bits per heavy atom. The molecule has 2 atom stereocenters. The molecule has 244 valence electrons. The van der Waals surface area contributed by atoms with Crippen LogP contribution in [-0.2, 0) is 23.1 Å². The Morgan fingerprint density at radius 1 is 0.894 bits per heavy atom. The molecule has 0 spiro atoms. The van der Waals surface area contributed by atoms with Gasteiger partial charge in [-0.05, 0) is 110 Å². The first kappa shape index (κ1) is 32.6. The van der Waals surface area contributed by atoms with Crippen molar-refractivity contribution >= 4 is 44.6 Å². The van der Waals surface area contributed by atoms with E-state index in [2.05, 4.69) is 49.5 Å². The summed E-state index contributed by atoms with van der Waals surface area (Å²) in [5.41, 5.74) is 13.7. The second-order valence-electron chi connectivity index (χ2n) is 13.0. The number of rotatable bonds is 9. The number of nitrogens with zero attached hydrogens (tertiary/aromatic N) is 2. The zero-order valence-electron chi connectivity index (χ0n) is 27.9. The summed E-state index contributed by atoms with van der Waals surface area (Å²) in [5.74, 6) is -1.15. The summed E-state index contributed by atoms with van der Waals surface area (Å²) in [6.45, 7) is 13.7. The molecule has 0 radical (unpaired) electrons. The summed E-state index contributed by atoms with van der Waals surface area (Å²) in [7, 11) is 0. The molecule has 5 heterocycles. The molecule has 8 heteroatoms. The largest absolute Gasteiger partial charge is 0.396 e. The first-order valence-electron chi connectivity index (χ1n) is 16.5. The summed E-state index contributed by atoms with van der Waals surface area (Å²) in [6.07, 6.45) is 8.77. The van der Waals surface area contributed by atoms with E-state index >= 15 is 0 Å². The van der Waals surface area contributed by atoms with Gasteiger partial charge in [-0.15, -0.1) is 0 Å². The SMILES string of the molecule is C=CC1=C(C)c2cc3nc(cc4[nH]c(cc5[nH]c(cc1n2)c(C)c5CCCO)c(CCC)c4C)[C@]1(C)C3=CC=C(CO)C1C(=O)CO. The number of carbonyl (C=O) groups is 1. The number of carbonyl (C=O) groups excluding carboxylic acids is 1. The van der Waals surface area contributed by atoms with Crippen molar-refractivity contribution in [3.63, 3.8) is 0 Å². The zero-order valence-corrected chi connectivity index (χ0v) is 27.9. The average Bonchev–Trinajstić information content (AvgIpc) is 3.71. The van der Waals surface area contributed by atoms with Gasteiger partial charge in [0.1, 0.15) is 6.61 Å². The number of fused-ring (bicyclic) bond motifs is 11. The van der Waals surface area contributed by atoms with Crippen molar-refractivity contribution < 1.29 is 20.1 Å². The standard InChI is InChI=1S/C39H44N4O4/c1-7-10-26-22(4)31-18-37-39(6)28(13-12-24(19-45)38(39)36(47)20-46)35(43-37)16-30-21(3)25(8-2)32(40-30)15-29-23(5)27(11-9-14-44)34(41-29)17-33(26)42-31/h8,12-13,15-18,38,41-42,44-46H,2,7,9-11,14,19-20H2,1,3-6H3/t38?,39-/m0/s1. The topological polar surface area (TPSA) is 135 Å². The Balaban J connectivity index is 1.79. The molecule has 3 aromatic rings. The third kappa shape index (κ3) is 5.25. The van der Waals surface area contributed by atoms with Gasteiger partial charge in [-0.2, -0.15) is 0 Å². The second kappa shape index (κ2) is 12.7. The maximum atomic E-state index is 13.4. The summed E-state index contributed by atoms with van der Waals surface area (Å²) >= 11 is 0. The van der Waals surface area contributed by atoms with E-state index in [0.29, 0.717) is 23.4 Å². The first-order chi connectivity index (χ1) is 22.6. The number of H-pyrrole nitrogens is 2. The van der Waals surface area contributed by atoms with Crippen molar-refractivity contribution in [1.82, 2.24) is 19.9 Å². The van der Waals surface area contributed by atoms with Crippen LogP contribution in [0.3, 0.4) is 0 Å². The molecular weight excluding hydrogens is 588 g/mol. The Morgan fingerprint density at radius 2 is 1.57 bits per heavy atom. The molecule has 8 nitrogen and oxygen atoms in total. The summed E-state index contributed by atoms with van der Waals surface area (Å²) in [5, 5.41) is 30.1. The van der Waals surface area contributed by atoms with Crippen LogP contribution in [0.25, 0.3) is 38.8 Å². The molecule has 47 heavy (non-hydrogen) atoms. The predicted molar refractivity (Wildman–Crippen MR) is 189 cm³/mol. The van der Waals surface area contributed by atoms with E-state index in [0.717, 1.165) is 86.1 Å². The summed E-state index contributed by atoms with van der Waals surface area (Å²) in [6, 6.07) is 8.24. The number of aliphatic hydroxyl groups excluding tert-OH is 3. The van der Waals surface area contributed by atoms with Crippen LogP contribution >= 0.6 is 0 Å². The highest BCUT2D eigenvalue weighted by Gasteiger charge is 2.50. The lowest BCUT2D eigenvalue weighted by molar-refractivity contribution is -0.126. The van der Waals surface area contributed by atoms with Gasteiger partial charge in [0.25, 0.3) is 0 Å². The number of hydrogen-bond acceptors (Lipinski definition) is 6. The van der Waals surface area contributed by atoms with Crippen molar-refractivity contribution in [1.29, 1.82) is 0 Å². The van der Waals surface area contributed by atoms with Crippen molar-refractivity contribution in [3.8, 4) is 0 Å². The third-order valence-electron chi connectivity index (χ3n) is 10.3. The smallest absolute Gasteiger partial charge is 0.166 e. The van der Waals surface area contributed by atoms with E-state index in [9.17, 15) is 20.1 Å². The molecule has 0 saturated carbocycles. The zero-order chi connectivity index (χ0) is 33.6. The van der Waals surface area contributed by atoms with Crippen LogP contribution in [-0.4, -0.2) is 60.9 Å². The fourth-order valence-electron chi connectivity index (χ4n) is 7.69. The van der Waals surface area contributed by atoms with Crippen LogP contribution in [0.4, 0.5) is 0 Å². The van der Waals surface area contributed by atoms with E-state index in [4.69, 9.17) is 9.97 Å². The fourth-order valence-corrected chi connectivity index (χ4v) is 7.69. The summed E-state index contributed by atoms with van der Waals surface area (Å²) < 4.78 is 0. The molecule has 5 N–H and O–H groups in total. The Kier molecular flexibility index (Phi) is 8.78. The van der Waals surface area contributed by atoms with Gasteiger partial charge in [0.05, 0.1) is 40.7 Å². The van der Waals surface area contributed by atoms with E-state index in [1.807, 2.05) is 38.1 Å². The second-order valence-corrected chi connectivity index (χ2v) is 13.0. The molecule has 0 saturated heterocycles. The number of aryl methyl sites for hydroxylation is 4. The van der Waals surface area contributed by atoms with Gasteiger partial charge < -0.3 is 25.3 Å². The van der Waals surface area contributed by atoms with Crippen LogP contribution < -0.4 is 0 Å². The van der Waals surface area contributed by atoms with Gasteiger partial charge in [0, 0.05) is 34.2 Å². The molecule has 0 fully saturated rings. The lowest BCUT2D eigenvalue weighted by Gasteiger charge is -2.37. The lowest BCUT2D eigenvalue weighted by atomic mass is 9.63. The number of allylic oxidation sites excluding steroid dienone is 6. The molecule has 1 unspecified atom stereocenters. The quantitative estimate of drug-likeness (QED) is 0.186. The number of aromatic nitrogens is 4. The fraction of sp³-hybridized carbons (Fsp3) is 0.359. The highest BCUT2D eigenvalue weighted by Crippen LogP contribution is 2.52. The number of Topliss-reactive ketones (excluding diaryl/α,β-unsaturated/α-hetero) is 1. The van der Waals surface area contributed by atoms with Crippen LogP contribution in [0.15, 0.2) is 54.6 Å². The van der Waals surface area contributed by atoms with E-state index in [1.54, 1.807) is 6.08 Å². The molecule has 0 aromatic carbocycles. The van der Waals surface area contributed by atoms with Crippen molar-refractivity contribution in [2.75, 3.05) is 19.8 Å². The van der Waals surface area contributed by atoms with Gasteiger partial charge in [-0.3, -0.25) is 9.78 Å². The average molecular weight is 633 g/mol. The highest BCUT2D eigenvalue weighted by molar-refractivity contribution is 5.98. The molecular formula is C39H44N4O4. The van der Waals surface area contributed by atoms with E-state index in [-0.39, 0.29) is 19.0 Å². The van der Waals surface area contributed by atoms with E-state index < -0.39 is 17.9 Å². The monoisotopic (exact) mass is 632 g/mol. The van der Waals surface area contributed by atoms with Gasteiger partial charge in [0.15, 0.2) is 5.78 Å². The minimum absolute atomic E-state index is 0.109. The van der Waals surface area contributed by atoms with Crippen molar-refractivity contribution in [2.24, 2.45) is 5.92 Å². The minimum atomic E-state index is -0.933. The number of ketones is 1. The lowest BCUT2D eigenvalue weighted by Crippen LogP contribution is -2.41. The molecule has 0 amide bonds. The molecule has 1 aliphatic carbocycles. The first-order valence-corrected chi connectivity index (χ1v) is 16.5. The van der Waals surface area contributed by atoms with Crippen molar-refractivity contribution in [3.05, 3.63) is 99.7 Å². The Bertz CT molecular complexity index is 2060. The normalized spacial score (nSPS) is 19.0. The Hall–Kier alpha value is -4.37. The van der Waals surface area contributed by atoms with Crippen LogP contribution in [0.1, 0.15) is 78.6 Å². The molecule has 6 rings (SSSR count). The van der Waals surface area contributed by atoms with Crippen molar-refractivity contribution in [2.45, 2.75) is 65.7 Å². The third-order valence-corrected chi connectivity index (χ3v) is 10.3. The van der Waals surface area contributed by atoms with Gasteiger partial charge in [0.2, 0.25) is 0 Å². The van der Waals surface area contributed by atoms with E-state index in [1.165, 1.54) is 5.56 Å². The highest BCUT2D eigenvalue weighted by atomic mass is 16.3. The van der Waals surface area contributed by atoms with Gasteiger partial charge >= 0.3 is 0 Å². The van der Waals surface area contributed by atoms with Crippen LogP contribution in [0.2, 0.25) is 0 Å². The number of aliphatic hydroxyl groups is 3. The molecule has 3 aliphatic rings. The van der Waals surface area contributed by atoms with Crippen LogP contribution in [0.5, 0.6) is 0 Å². The molecule has 3 aromatic heterocycles. The van der Waals surface area contributed by atoms with Gasteiger partial charge in [-0.1, -0.05) is 38.2 Å². The number of hydrogen-bond donors (Lipinski definition) is 5.